The molecule has 0 radical (unpaired) electrons. The normalized spacial score (nSPS) is 14.3. The van der Waals surface area contributed by atoms with Gasteiger partial charge in [-0.25, -0.2) is 19.2 Å². The lowest BCUT2D eigenvalue weighted by molar-refractivity contribution is 0.0702. The molecular weight excluding hydrogens is 557 g/mol. The number of hydrogen-bond donors (Lipinski definition) is 1. The van der Waals surface area contributed by atoms with Crippen LogP contribution in [0.5, 0.6) is 5.88 Å². The molecule has 0 saturated carbocycles. The fourth-order valence-electron chi connectivity index (χ4n) is 5.15. The molecule has 220 valence electrons. The van der Waals surface area contributed by atoms with Gasteiger partial charge in [-0.3, -0.25) is 4.90 Å². The van der Waals surface area contributed by atoms with Crippen molar-refractivity contribution in [2.75, 3.05) is 26.3 Å². The second kappa shape index (κ2) is 13.9. The second-order valence-corrected chi connectivity index (χ2v) is 11.4. The first-order chi connectivity index (χ1) is 20.4. The average molecular weight is 592 g/mol. The van der Waals surface area contributed by atoms with E-state index in [1.165, 1.54) is 17.4 Å². The highest BCUT2D eigenvalue weighted by atomic mass is 32.1. The van der Waals surface area contributed by atoms with Crippen LogP contribution in [-0.4, -0.2) is 56.8 Å². The zero-order valence-electron chi connectivity index (χ0n) is 23.6. The number of rotatable bonds is 13. The Labute approximate surface area is 248 Å². The van der Waals surface area contributed by atoms with Gasteiger partial charge in [-0.05, 0) is 56.6 Å². The quantitative estimate of drug-likeness (QED) is 0.189. The van der Waals surface area contributed by atoms with Crippen LogP contribution in [0.25, 0.3) is 10.3 Å². The molecule has 0 bridgehead atoms. The molecule has 42 heavy (non-hydrogen) atoms. The zero-order chi connectivity index (χ0) is 29.5. The maximum atomic E-state index is 14.2. The first-order valence-electron chi connectivity index (χ1n) is 14.3. The molecule has 0 atom stereocenters. The number of pyridine rings is 1. The van der Waals surface area contributed by atoms with Crippen LogP contribution in [0.4, 0.5) is 4.39 Å². The third-order valence-corrected chi connectivity index (χ3v) is 8.52. The number of piperidine rings is 1. The van der Waals surface area contributed by atoms with E-state index >= 15 is 0 Å². The van der Waals surface area contributed by atoms with Gasteiger partial charge in [0, 0.05) is 36.4 Å². The summed E-state index contributed by atoms with van der Waals surface area (Å²) in [7, 11) is 0. The molecule has 1 saturated heterocycles. The van der Waals surface area contributed by atoms with Gasteiger partial charge in [0.15, 0.2) is 0 Å². The summed E-state index contributed by atoms with van der Waals surface area (Å²) in [5.74, 6) is 0.253. The molecule has 1 aliphatic rings. The summed E-state index contributed by atoms with van der Waals surface area (Å²) < 4.78 is 27.9. The number of unbranched alkanes of at least 4 members (excludes halogenated alkanes) is 1. The molecule has 1 aromatic carbocycles. The van der Waals surface area contributed by atoms with E-state index in [0.717, 1.165) is 60.6 Å². The molecule has 11 heteroatoms. The Hall–Kier alpha value is -3.85. The number of benzene rings is 1. The molecule has 1 aliphatic heterocycles. The van der Waals surface area contributed by atoms with Crippen molar-refractivity contribution in [3.05, 3.63) is 75.8 Å². The van der Waals surface area contributed by atoms with Crippen molar-refractivity contribution in [1.82, 2.24) is 19.4 Å². The van der Waals surface area contributed by atoms with Crippen molar-refractivity contribution < 1.29 is 23.8 Å². The topological polar surface area (TPSA) is 114 Å². The lowest BCUT2D eigenvalue weighted by atomic mass is 9.93. The molecule has 4 aromatic rings. The third kappa shape index (κ3) is 7.13. The van der Waals surface area contributed by atoms with Crippen LogP contribution in [0.1, 0.15) is 70.8 Å². The number of imidazole rings is 1. The van der Waals surface area contributed by atoms with Crippen molar-refractivity contribution >= 4 is 27.7 Å². The van der Waals surface area contributed by atoms with Crippen molar-refractivity contribution in [3.8, 4) is 11.9 Å². The van der Waals surface area contributed by atoms with E-state index in [2.05, 4.69) is 16.4 Å². The van der Waals surface area contributed by atoms with Crippen LogP contribution in [0.15, 0.2) is 42.5 Å². The Morgan fingerprint density at radius 2 is 2.02 bits per heavy atom. The summed E-state index contributed by atoms with van der Waals surface area (Å²) in [4.78, 5) is 24.5. The number of carboxylic acids is 1. The van der Waals surface area contributed by atoms with Crippen LogP contribution >= 0.6 is 11.3 Å². The highest BCUT2D eigenvalue weighted by Crippen LogP contribution is 2.31. The number of hydrogen-bond acceptors (Lipinski definition) is 8. The van der Waals surface area contributed by atoms with Gasteiger partial charge in [-0.1, -0.05) is 25.5 Å². The Balaban J connectivity index is 1.19. The number of fused-ring (bicyclic) bond motifs is 1. The number of nitriles is 1. The summed E-state index contributed by atoms with van der Waals surface area (Å²) in [5, 5.41) is 18.4. The third-order valence-electron chi connectivity index (χ3n) is 7.51. The number of aromatic carboxylic acids is 1. The number of thiophene rings is 1. The molecule has 4 heterocycles. The van der Waals surface area contributed by atoms with Crippen LogP contribution in [0.3, 0.4) is 0 Å². The molecule has 5 rings (SSSR count). The largest absolute Gasteiger partial charge is 0.477 e. The average Bonchev–Trinajstić information content (AvgIpc) is 3.55. The Morgan fingerprint density at radius 3 is 2.76 bits per heavy atom. The Morgan fingerprint density at radius 1 is 1.19 bits per heavy atom. The van der Waals surface area contributed by atoms with Crippen LogP contribution in [0, 0.1) is 17.1 Å². The molecule has 3 aromatic heterocycles. The maximum Gasteiger partial charge on any atom is 0.346 e. The fourth-order valence-corrected chi connectivity index (χ4v) is 6.04. The van der Waals surface area contributed by atoms with E-state index in [0.29, 0.717) is 42.6 Å². The van der Waals surface area contributed by atoms with Gasteiger partial charge in [-0.15, -0.1) is 11.3 Å². The van der Waals surface area contributed by atoms with Gasteiger partial charge >= 0.3 is 5.97 Å². The Bertz CT molecular complexity index is 1570. The van der Waals surface area contributed by atoms with Gasteiger partial charge in [0.1, 0.15) is 28.0 Å². The van der Waals surface area contributed by atoms with Crippen molar-refractivity contribution in [1.29, 1.82) is 5.26 Å². The highest BCUT2D eigenvalue weighted by Gasteiger charge is 2.25. The number of nitrogens with zero attached hydrogens (tertiary/aromatic N) is 5. The summed E-state index contributed by atoms with van der Waals surface area (Å²) in [6.45, 7) is 6.50. The summed E-state index contributed by atoms with van der Waals surface area (Å²) in [5.41, 5.74) is 2.46. The smallest absolute Gasteiger partial charge is 0.346 e. The van der Waals surface area contributed by atoms with Gasteiger partial charge in [0.05, 0.1) is 30.3 Å². The molecule has 9 nitrogen and oxygen atoms in total. The van der Waals surface area contributed by atoms with E-state index < -0.39 is 11.8 Å². The lowest BCUT2D eigenvalue weighted by Gasteiger charge is -2.31. The number of halogens is 1. The molecular formula is C31H34FN5O4S. The summed E-state index contributed by atoms with van der Waals surface area (Å²) in [6, 6.07) is 13.7. The monoisotopic (exact) mass is 591 g/mol. The number of carboxylic acid groups (broad SMARTS) is 1. The molecule has 0 aliphatic carbocycles. The van der Waals surface area contributed by atoms with Crippen LogP contribution in [-0.2, 0) is 24.4 Å². The first-order valence-corrected chi connectivity index (χ1v) is 15.1. The van der Waals surface area contributed by atoms with Gasteiger partial charge in [0.2, 0.25) is 5.88 Å². The number of carbonyl (C=O) groups is 1. The minimum Gasteiger partial charge on any atom is -0.477 e. The van der Waals surface area contributed by atoms with Crippen molar-refractivity contribution in [3.63, 3.8) is 0 Å². The van der Waals surface area contributed by atoms with E-state index in [-0.39, 0.29) is 18.1 Å². The van der Waals surface area contributed by atoms with Crippen LogP contribution in [0.2, 0.25) is 0 Å². The number of ether oxygens (including phenoxy) is 2. The lowest BCUT2D eigenvalue weighted by Crippen LogP contribution is -2.33. The molecule has 0 unspecified atom stereocenters. The summed E-state index contributed by atoms with van der Waals surface area (Å²) >= 11 is 1.21. The van der Waals surface area contributed by atoms with Crippen LogP contribution < -0.4 is 4.74 Å². The van der Waals surface area contributed by atoms with E-state index in [1.54, 1.807) is 24.3 Å². The highest BCUT2D eigenvalue weighted by molar-refractivity contribution is 7.20. The molecule has 1 fully saturated rings. The SMILES string of the molecule is CCCCOCCn1c(CN2CCC(c3cccc(OCc4ccc(C#N)cc4F)n3)CC2)nc2sc(C(=O)O)cc21. The minimum atomic E-state index is -0.933. The van der Waals surface area contributed by atoms with E-state index in [9.17, 15) is 14.3 Å². The predicted octanol–water partition coefficient (Wildman–Crippen LogP) is 5.98. The molecule has 1 N–H and O–H groups in total. The Kier molecular flexibility index (Phi) is 9.79. The van der Waals surface area contributed by atoms with E-state index in [4.69, 9.17) is 24.7 Å². The first kappa shape index (κ1) is 29.6. The fraction of sp³-hybridized carbons (Fsp3) is 0.419. The molecule has 0 spiro atoms. The minimum absolute atomic E-state index is 0.0359. The van der Waals surface area contributed by atoms with Crippen molar-refractivity contribution in [2.45, 2.75) is 58.2 Å². The van der Waals surface area contributed by atoms with Gasteiger partial charge < -0.3 is 19.1 Å². The molecule has 0 amide bonds. The van der Waals surface area contributed by atoms with Crippen molar-refractivity contribution in [2.24, 2.45) is 0 Å². The standard InChI is InChI=1S/C31H34FN5O4S/c1-2-3-14-40-15-13-37-26-17-27(31(38)39)42-30(26)35-28(37)19-36-11-9-22(10-12-36)25-5-4-6-29(34-25)41-20-23-8-7-21(18-33)16-24(23)32/h4-8,16-17,22H,2-3,9-15,19-20H2,1H3,(H,38,39). The number of aromatic nitrogens is 3. The maximum absolute atomic E-state index is 14.2. The number of likely N-dealkylation sites (tertiary alicyclic amines) is 1. The van der Waals surface area contributed by atoms with Gasteiger partial charge in [-0.2, -0.15) is 5.26 Å². The van der Waals surface area contributed by atoms with E-state index in [1.807, 2.05) is 18.2 Å². The second-order valence-electron chi connectivity index (χ2n) is 10.4. The predicted molar refractivity (Wildman–Crippen MR) is 157 cm³/mol. The van der Waals surface area contributed by atoms with Gasteiger partial charge in [0.25, 0.3) is 0 Å². The summed E-state index contributed by atoms with van der Waals surface area (Å²) in [6.07, 6.45) is 3.95. The zero-order valence-corrected chi connectivity index (χ0v) is 24.4.